The predicted octanol–water partition coefficient (Wildman–Crippen LogP) is 3.84. The quantitative estimate of drug-likeness (QED) is 0.718. The minimum atomic E-state index is -0.780. The summed E-state index contributed by atoms with van der Waals surface area (Å²) in [5.41, 5.74) is 0. The van der Waals surface area contributed by atoms with Crippen LogP contribution in [0.25, 0.3) is 0 Å². The predicted molar refractivity (Wildman–Crippen MR) is 98.1 cm³/mol. The summed E-state index contributed by atoms with van der Waals surface area (Å²) in [5, 5.41) is 3.34. The summed E-state index contributed by atoms with van der Waals surface area (Å²) in [6.07, 6.45) is -0.780. The molecule has 0 heterocycles. The largest absolute Gasteiger partial charge is 0.481 e. The van der Waals surface area contributed by atoms with E-state index in [-0.39, 0.29) is 6.54 Å². The van der Waals surface area contributed by atoms with Crippen LogP contribution in [-0.4, -0.2) is 31.6 Å². The summed E-state index contributed by atoms with van der Waals surface area (Å²) >= 11 is 11.9. The van der Waals surface area contributed by atoms with Crippen LogP contribution in [0.5, 0.6) is 17.2 Å². The Morgan fingerprint density at radius 2 is 1.73 bits per heavy atom. The lowest BCUT2D eigenvalue weighted by Crippen LogP contribution is -2.39. The molecule has 0 aromatic heterocycles. The van der Waals surface area contributed by atoms with Crippen molar-refractivity contribution in [2.24, 2.45) is 0 Å². The first-order valence-corrected chi connectivity index (χ1v) is 8.39. The third kappa shape index (κ3) is 5.82. The number of hydrogen-bond acceptors (Lipinski definition) is 5. The minimum absolute atomic E-state index is 0.211. The fourth-order valence-electron chi connectivity index (χ4n) is 1.90. The zero-order chi connectivity index (χ0) is 19.1. The lowest BCUT2D eigenvalue weighted by Gasteiger charge is -2.15. The summed E-state index contributed by atoms with van der Waals surface area (Å²) < 4.78 is 15.6. The Bertz CT molecular complexity index is 780. The maximum Gasteiger partial charge on any atom is 0.325 e. The molecule has 138 valence electrons. The molecule has 26 heavy (non-hydrogen) atoms. The Balaban J connectivity index is 1.92. The number of ether oxygens (including phenoxy) is 3. The number of nitrogens with one attached hydrogen (secondary N) is 1. The van der Waals surface area contributed by atoms with Gasteiger partial charge < -0.3 is 19.5 Å². The van der Waals surface area contributed by atoms with Crippen molar-refractivity contribution in [3.8, 4) is 17.2 Å². The van der Waals surface area contributed by atoms with Crippen LogP contribution in [0.2, 0.25) is 10.0 Å². The van der Waals surface area contributed by atoms with Crippen LogP contribution in [-0.2, 0) is 14.3 Å². The Labute approximate surface area is 160 Å². The van der Waals surface area contributed by atoms with Crippen LogP contribution >= 0.6 is 23.2 Å². The molecule has 6 nitrogen and oxygen atoms in total. The molecule has 0 saturated heterocycles. The van der Waals surface area contributed by atoms with Crippen molar-refractivity contribution in [3.05, 3.63) is 52.5 Å². The molecule has 2 aromatic rings. The fraction of sp³-hybridized carbons (Fsp3) is 0.222. The average Bonchev–Trinajstić information content (AvgIpc) is 2.63. The highest BCUT2D eigenvalue weighted by Crippen LogP contribution is 2.32. The van der Waals surface area contributed by atoms with Gasteiger partial charge >= 0.3 is 5.97 Å². The second-order valence-corrected chi connectivity index (χ2v) is 6.05. The second-order valence-electron chi connectivity index (χ2n) is 5.20. The number of halogens is 2. The summed E-state index contributed by atoms with van der Waals surface area (Å²) in [7, 11) is 1.25. The Morgan fingerprint density at radius 1 is 1.08 bits per heavy atom. The van der Waals surface area contributed by atoms with Crippen LogP contribution in [0.4, 0.5) is 0 Å². The number of esters is 1. The van der Waals surface area contributed by atoms with E-state index in [9.17, 15) is 9.59 Å². The van der Waals surface area contributed by atoms with Crippen molar-refractivity contribution in [2.45, 2.75) is 13.0 Å². The molecule has 0 aliphatic heterocycles. The van der Waals surface area contributed by atoms with Gasteiger partial charge in [-0.1, -0.05) is 23.2 Å². The molecule has 0 radical (unpaired) electrons. The molecule has 1 unspecified atom stereocenters. The smallest absolute Gasteiger partial charge is 0.325 e. The molecule has 1 atom stereocenters. The molecule has 2 aromatic carbocycles. The highest BCUT2D eigenvalue weighted by atomic mass is 35.5. The highest BCUT2D eigenvalue weighted by Gasteiger charge is 2.15. The van der Waals surface area contributed by atoms with Crippen molar-refractivity contribution in [1.82, 2.24) is 5.32 Å². The molecule has 0 aliphatic rings. The molecule has 1 amide bonds. The van der Waals surface area contributed by atoms with E-state index in [2.05, 4.69) is 10.1 Å². The molecule has 8 heteroatoms. The van der Waals surface area contributed by atoms with E-state index in [1.807, 2.05) is 0 Å². The van der Waals surface area contributed by atoms with Gasteiger partial charge in [0.1, 0.15) is 23.8 Å². The monoisotopic (exact) mass is 397 g/mol. The molecular formula is C18H17Cl2NO5. The van der Waals surface area contributed by atoms with E-state index < -0.39 is 18.0 Å². The molecule has 1 N–H and O–H groups in total. The lowest BCUT2D eigenvalue weighted by molar-refractivity contribution is -0.141. The standard InChI is InChI=1S/C18H17Cl2NO5/c1-11(18(23)21-10-17(22)24-2)25-13-4-6-14(7-5-13)26-16-8-3-12(19)9-15(16)20/h3-9,11H,10H2,1-2H3,(H,21,23). The van der Waals surface area contributed by atoms with Crippen LogP contribution in [0.1, 0.15) is 6.92 Å². The molecule has 0 bridgehead atoms. The first kappa shape index (κ1) is 19.9. The zero-order valence-electron chi connectivity index (χ0n) is 14.1. The number of benzene rings is 2. The number of methoxy groups -OCH3 is 1. The Morgan fingerprint density at radius 3 is 2.35 bits per heavy atom. The first-order valence-electron chi connectivity index (χ1n) is 7.63. The van der Waals surface area contributed by atoms with Gasteiger partial charge in [0.2, 0.25) is 0 Å². The van der Waals surface area contributed by atoms with E-state index >= 15 is 0 Å². The van der Waals surface area contributed by atoms with Crippen LogP contribution in [0, 0.1) is 0 Å². The summed E-state index contributed by atoms with van der Waals surface area (Å²) in [6, 6.07) is 11.6. The highest BCUT2D eigenvalue weighted by molar-refractivity contribution is 6.35. The topological polar surface area (TPSA) is 73.9 Å². The van der Waals surface area contributed by atoms with E-state index in [0.29, 0.717) is 27.3 Å². The normalized spacial score (nSPS) is 11.4. The molecular weight excluding hydrogens is 381 g/mol. The van der Waals surface area contributed by atoms with Gasteiger partial charge in [-0.05, 0) is 49.4 Å². The Hall–Kier alpha value is -2.44. The van der Waals surface area contributed by atoms with E-state index in [4.69, 9.17) is 32.7 Å². The third-order valence-corrected chi connectivity index (χ3v) is 3.79. The zero-order valence-corrected chi connectivity index (χ0v) is 15.6. The number of carbonyl (C=O) groups is 2. The molecule has 0 saturated carbocycles. The number of carbonyl (C=O) groups excluding carboxylic acids is 2. The van der Waals surface area contributed by atoms with Crippen molar-refractivity contribution >= 4 is 35.1 Å². The van der Waals surface area contributed by atoms with E-state index in [1.54, 1.807) is 49.4 Å². The van der Waals surface area contributed by atoms with Crippen molar-refractivity contribution in [1.29, 1.82) is 0 Å². The van der Waals surface area contributed by atoms with Crippen molar-refractivity contribution < 1.29 is 23.8 Å². The van der Waals surface area contributed by atoms with E-state index in [0.717, 1.165) is 0 Å². The number of hydrogen-bond donors (Lipinski definition) is 1. The number of rotatable bonds is 7. The maximum absolute atomic E-state index is 11.8. The van der Waals surface area contributed by atoms with Crippen LogP contribution < -0.4 is 14.8 Å². The SMILES string of the molecule is COC(=O)CNC(=O)C(C)Oc1ccc(Oc2ccc(Cl)cc2Cl)cc1. The second kappa shape index (κ2) is 9.31. The maximum atomic E-state index is 11.8. The summed E-state index contributed by atoms with van der Waals surface area (Å²) in [5.74, 6) is 0.529. The van der Waals surface area contributed by atoms with E-state index in [1.165, 1.54) is 7.11 Å². The van der Waals surface area contributed by atoms with Gasteiger partial charge in [0.05, 0.1) is 12.1 Å². The van der Waals surface area contributed by atoms with Crippen LogP contribution in [0.15, 0.2) is 42.5 Å². The molecule has 2 rings (SSSR count). The van der Waals surface area contributed by atoms with Gasteiger partial charge in [-0.15, -0.1) is 0 Å². The minimum Gasteiger partial charge on any atom is -0.481 e. The first-order chi connectivity index (χ1) is 12.4. The van der Waals surface area contributed by atoms with Gasteiger partial charge in [0.25, 0.3) is 5.91 Å². The number of amides is 1. The van der Waals surface area contributed by atoms with Gasteiger partial charge in [-0.2, -0.15) is 0 Å². The lowest BCUT2D eigenvalue weighted by atomic mass is 10.3. The van der Waals surface area contributed by atoms with Gasteiger partial charge in [-0.25, -0.2) is 0 Å². The molecule has 0 spiro atoms. The van der Waals surface area contributed by atoms with Gasteiger partial charge in [-0.3, -0.25) is 9.59 Å². The van der Waals surface area contributed by atoms with Crippen molar-refractivity contribution in [3.63, 3.8) is 0 Å². The summed E-state index contributed by atoms with van der Waals surface area (Å²) in [4.78, 5) is 22.9. The van der Waals surface area contributed by atoms with Crippen LogP contribution in [0.3, 0.4) is 0 Å². The average molecular weight is 398 g/mol. The Kier molecular flexibility index (Phi) is 7.12. The van der Waals surface area contributed by atoms with Gasteiger partial charge in [0.15, 0.2) is 6.10 Å². The van der Waals surface area contributed by atoms with Crippen molar-refractivity contribution in [2.75, 3.05) is 13.7 Å². The fourth-order valence-corrected chi connectivity index (χ4v) is 2.35. The molecule has 0 fully saturated rings. The third-order valence-electron chi connectivity index (χ3n) is 3.26. The van der Waals surface area contributed by atoms with Gasteiger partial charge in [0, 0.05) is 5.02 Å². The summed E-state index contributed by atoms with van der Waals surface area (Å²) in [6.45, 7) is 1.36. The molecule has 0 aliphatic carbocycles.